The van der Waals surface area contributed by atoms with Crippen LogP contribution in [0.2, 0.25) is 10.0 Å². The lowest BCUT2D eigenvalue weighted by Gasteiger charge is -2.11. The van der Waals surface area contributed by atoms with Crippen LogP contribution in [0.1, 0.15) is 0 Å². The molecule has 0 spiro atoms. The molecule has 3 N–H and O–H groups in total. The SMILES string of the molecule is Nc1c(Cl)ccc(S(=O)(=O)Nc2ncc(Br)nc2Br)c1Cl. The number of nitrogens with two attached hydrogens (primary N) is 1. The summed E-state index contributed by atoms with van der Waals surface area (Å²) in [4.78, 5) is 7.68. The van der Waals surface area contributed by atoms with Gasteiger partial charge in [0, 0.05) is 0 Å². The van der Waals surface area contributed by atoms with Crippen LogP contribution in [0.4, 0.5) is 11.5 Å². The Kier molecular flexibility index (Phi) is 4.99. The molecule has 112 valence electrons. The summed E-state index contributed by atoms with van der Waals surface area (Å²) in [6, 6.07) is 2.60. The van der Waals surface area contributed by atoms with Crippen molar-refractivity contribution in [2.75, 3.05) is 10.5 Å². The van der Waals surface area contributed by atoms with Crippen molar-refractivity contribution >= 4 is 76.6 Å². The third-order valence-corrected chi connectivity index (χ3v) is 5.48. The predicted molar refractivity (Wildman–Crippen MR) is 89.1 cm³/mol. The Labute approximate surface area is 147 Å². The summed E-state index contributed by atoms with van der Waals surface area (Å²) >= 11 is 17.9. The van der Waals surface area contributed by atoms with Crippen molar-refractivity contribution < 1.29 is 8.42 Å². The third kappa shape index (κ3) is 3.59. The van der Waals surface area contributed by atoms with Crippen molar-refractivity contribution in [3.8, 4) is 0 Å². The van der Waals surface area contributed by atoms with Gasteiger partial charge in [0.15, 0.2) is 10.4 Å². The number of hydrogen-bond acceptors (Lipinski definition) is 5. The van der Waals surface area contributed by atoms with Crippen molar-refractivity contribution in [1.29, 1.82) is 0 Å². The molecule has 1 aromatic carbocycles. The lowest BCUT2D eigenvalue weighted by Crippen LogP contribution is -2.15. The Morgan fingerprint density at radius 1 is 1.24 bits per heavy atom. The highest BCUT2D eigenvalue weighted by atomic mass is 79.9. The first-order valence-electron chi connectivity index (χ1n) is 5.16. The first-order valence-corrected chi connectivity index (χ1v) is 8.99. The van der Waals surface area contributed by atoms with Gasteiger partial charge in [-0.3, -0.25) is 4.72 Å². The van der Waals surface area contributed by atoms with Crippen LogP contribution >= 0.6 is 55.1 Å². The van der Waals surface area contributed by atoms with E-state index < -0.39 is 10.0 Å². The molecule has 11 heteroatoms. The minimum absolute atomic E-state index is 0.0119. The lowest BCUT2D eigenvalue weighted by molar-refractivity contribution is 0.601. The molecule has 2 rings (SSSR count). The van der Waals surface area contributed by atoms with E-state index in [9.17, 15) is 8.42 Å². The van der Waals surface area contributed by atoms with Crippen LogP contribution in [0.15, 0.2) is 32.4 Å². The highest BCUT2D eigenvalue weighted by Crippen LogP contribution is 2.34. The van der Waals surface area contributed by atoms with Gasteiger partial charge in [-0.1, -0.05) is 23.2 Å². The molecule has 21 heavy (non-hydrogen) atoms. The maximum absolute atomic E-state index is 12.3. The van der Waals surface area contributed by atoms with Crippen molar-refractivity contribution in [3.63, 3.8) is 0 Å². The van der Waals surface area contributed by atoms with Gasteiger partial charge in [0.05, 0.1) is 21.9 Å². The fraction of sp³-hybridized carbons (Fsp3) is 0. The summed E-state index contributed by atoms with van der Waals surface area (Å²) < 4.78 is 27.6. The molecule has 0 bridgehead atoms. The van der Waals surface area contributed by atoms with Crippen LogP contribution in [-0.2, 0) is 10.0 Å². The van der Waals surface area contributed by atoms with Gasteiger partial charge >= 0.3 is 0 Å². The van der Waals surface area contributed by atoms with Gasteiger partial charge in [0.2, 0.25) is 0 Å². The molecule has 0 atom stereocenters. The molecule has 0 aliphatic carbocycles. The first-order chi connectivity index (χ1) is 9.72. The standard InChI is InChI=1S/C10H6Br2Cl2N4O2S/c11-6-3-16-10(9(12)17-6)18-21(19,20)5-2-1-4(13)8(15)7(5)14/h1-3H,15H2,(H,16,18). The molecule has 6 nitrogen and oxygen atoms in total. The molecule has 0 radical (unpaired) electrons. The minimum Gasteiger partial charge on any atom is -0.396 e. The highest BCUT2D eigenvalue weighted by Gasteiger charge is 2.22. The van der Waals surface area contributed by atoms with Crippen LogP contribution < -0.4 is 10.5 Å². The fourth-order valence-corrected chi connectivity index (χ4v) is 4.18. The average Bonchev–Trinajstić information content (AvgIpc) is 2.39. The summed E-state index contributed by atoms with van der Waals surface area (Å²) in [6.07, 6.45) is 1.35. The van der Waals surface area contributed by atoms with Gasteiger partial charge in [-0.05, 0) is 44.0 Å². The number of nitrogens with one attached hydrogen (secondary N) is 1. The Morgan fingerprint density at radius 3 is 2.52 bits per heavy atom. The first kappa shape index (κ1) is 16.8. The number of halogens is 4. The van der Waals surface area contributed by atoms with E-state index in [1.54, 1.807) is 0 Å². The molecule has 0 amide bonds. The number of aromatic nitrogens is 2. The topological polar surface area (TPSA) is 98.0 Å². The number of rotatable bonds is 3. The van der Waals surface area contributed by atoms with Gasteiger partial charge in [0.1, 0.15) is 9.50 Å². The van der Waals surface area contributed by atoms with E-state index in [-0.39, 0.29) is 31.0 Å². The number of nitrogen functional groups attached to an aromatic ring is 1. The second-order valence-corrected chi connectivity index (χ2v) is 7.71. The lowest BCUT2D eigenvalue weighted by atomic mass is 10.3. The number of anilines is 2. The molecule has 0 saturated carbocycles. The Bertz CT molecular complexity index is 817. The second kappa shape index (κ2) is 6.25. The van der Waals surface area contributed by atoms with Crippen LogP contribution in [0, 0.1) is 0 Å². The molecule has 0 unspecified atom stereocenters. The van der Waals surface area contributed by atoms with E-state index in [0.29, 0.717) is 4.60 Å². The van der Waals surface area contributed by atoms with E-state index in [0.717, 1.165) is 0 Å². The zero-order chi connectivity index (χ0) is 15.8. The van der Waals surface area contributed by atoms with Crippen molar-refractivity contribution in [3.05, 3.63) is 37.6 Å². The number of hydrogen-bond donors (Lipinski definition) is 2. The van der Waals surface area contributed by atoms with E-state index >= 15 is 0 Å². The summed E-state index contributed by atoms with van der Waals surface area (Å²) in [7, 11) is -3.99. The number of nitrogens with zero attached hydrogens (tertiary/aromatic N) is 2. The molecule has 0 aliphatic rings. The summed E-state index contributed by atoms with van der Waals surface area (Å²) in [5.74, 6) is 0.0165. The van der Waals surface area contributed by atoms with E-state index in [4.69, 9.17) is 28.9 Å². The zero-order valence-corrected chi connectivity index (χ0v) is 15.4. The molecular weight excluding hydrogens is 471 g/mol. The molecule has 0 saturated heterocycles. The third-order valence-electron chi connectivity index (χ3n) is 2.31. The van der Waals surface area contributed by atoms with Crippen molar-refractivity contribution in [2.24, 2.45) is 0 Å². The zero-order valence-electron chi connectivity index (χ0n) is 9.94. The summed E-state index contributed by atoms with van der Waals surface area (Å²) in [5.41, 5.74) is 5.61. The predicted octanol–water partition coefficient (Wildman–Crippen LogP) is 3.69. The van der Waals surface area contributed by atoms with Crippen LogP contribution in [0.25, 0.3) is 0 Å². The summed E-state index contributed by atoms with van der Waals surface area (Å²) in [5, 5.41) is 0.0137. The smallest absolute Gasteiger partial charge is 0.264 e. The Morgan fingerprint density at radius 2 is 1.90 bits per heavy atom. The quantitative estimate of drug-likeness (QED) is 0.658. The van der Waals surface area contributed by atoms with Gasteiger partial charge in [-0.15, -0.1) is 0 Å². The Balaban J connectivity index is 2.46. The average molecular weight is 477 g/mol. The normalized spacial score (nSPS) is 11.4. The highest BCUT2D eigenvalue weighted by molar-refractivity contribution is 9.11. The van der Waals surface area contributed by atoms with Crippen LogP contribution in [0.3, 0.4) is 0 Å². The molecule has 1 heterocycles. The molecule has 2 aromatic rings. The maximum Gasteiger partial charge on any atom is 0.264 e. The molecular formula is C10H6Br2Cl2N4O2S. The van der Waals surface area contributed by atoms with Crippen molar-refractivity contribution in [1.82, 2.24) is 9.97 Å². The molecule has 1 aromatic heterocycles. The Hall–Kier alpha value is -0.610. The van der Waals surface area contributed by atoms with E-state index in [1.807, 2.05) is 0 Å². The fourth-order valence-electron chi connectivity index (χ4n) is 1.35. The van der Waals surface area contributed by atoms with E-state index in [1.165, 1.54) is 18.3 Å². The van der Waals surface area contributed by atoms with E-state index in [2.05, 4.69) is 46.5 Å². The number of benzene rings is 1. The molecule has 0 fully saturated rings. The summed E-state index contributed by atoms with van der Waals surface area (Å²) in [6.45, 7) is 0. The number of sulfonamides is 1. The van der Waals surface area contributed by atoms with Crippen LogP contribution in [0.5, 0.6) is 0 Å². The van der Waals surface area contributed by atoms with Crippen molar-refractivity contribution in [2.45, 2.75) is 4.90 Å². The largest absolute Gasteiger partial charge is 0.396 e. The van der Waals surface area contributed by atoms with Gasteiger partial charge < -0.3 is 5.73 Å². The molecule has 0 aliphatic heterocycles. The van der Waals surface area contributed by atoms with Gasteiger partial charge in [0.25, 0.3) is 10.0 Å². The van der Waals surface area contributed by atoms with Gasteiger partial charge in [-0.2, -0.15) is 0 Å². The van der Waals surface area contributed by atoms with Gasteiger partial charge in [-0.25, -0.2) is 18.4 Å². The maximum atomic E-state index is 12.3. The monoisotopic (exact) mass is 474 g/mol. The van der Waals surface area contributed by atoms with Crippen LogP contribution in [-0.4, -0.2) is 18.4 Å². The second-order valence-electron chi connectivity index (χ2n) is 3.71. The minimum atomic E-state index is -3.99.